The van der Waals surface area contributed by atoms with E-state index in [4.69, 9.17) is 0 Å². The van der Waals surface area contributed by atoms with E-state index in [1.54, 1.807) is 25.2 Å². The van der Waals surface area contributed by atoms with Gasteiger partial charge in [-0.15, -0.1) is 0 Å². The Kier molecular flexibility index (Phi) is 4.84. The number of aromatic nitrogens is 5. The van der Waals surface area contributed by atoms with Gasteiger partial charge in [-0.3, -0.25) is 14.2 Å². The second-order valence-electron chi connectivity index (χ2n) is 6.18. The van der Waals surface area contributed by atoms with Gasteiger partial charge in [-0.25, -0.2) is 14.4 Å². The number of amides is 1. The van der Waals surface area contributed by atoms with Gasteiger partial charge in [-0.1, -0.05) is 0 Å². The van der Waals surface area contributed by atoms with Crippen molar-refractivity contribution in [1.29, 1.82) is 0 Å². The Bertz CT molecular complexity index is 1310. The predicted molar refractivity (Wildman–Crippen MR) is 109 cm³/mol. The van der Waals surface area contributed by atoms with Crippen molar-refractivity contribution in [1.82, 2.24) is 29.5 Å². The summed E-state index contributed by atoms with van der Waals surface area (Å²) in [6.07, 6.45) is 4.24. The first-order valence-corrected chi connectivity index (χ1v) is 8.91. The number of nitrogens with zero attached hydrogens (tertiary/aromatic N) is 5. The minimum atomic E-state index is -0.622. The van der Waals surface area contributed by atoms with Crippen molar-refractivity contribution < 1.29 is 9.18 Å². The Morgan fingerprint density at radius 3 is 2.77 bits per heavy atom. The molecule has 4 heterocycles. The van der Waals surface area contributed by atoms with Crippen molar-refractivity contribution in [2.45, 2.75) is 0 Å². The summed E-state index contributed by atoms with van der Waals surface area (Å²) in [5.41, 5.74) is 0.222. The molecule has 3 N–H and O–H groups in total. The molecule has 4 rings (SSSR count). The maximum absolute atomic E-state index is 14.1. The second kappa shape index (κ2) is 7.62. The highest BCUT2D eigenvalue weighted by molar-refractivity contribution is 5.99. The molecule has 30 heavy (non-hydrogen) atoms. The van der Waals surface area contributed by atoms with Gasteiger partial charge < -0.3 is 16.0 Å². The van der Waals surface area contributed by atoms with Gasteiger partial charge in [0.15, 0.2) is 17.3 Å². The molecule has 0 saturated carbocycles. The van der Waals surface area contributed by atoms with Crippen molar-refractivity contribution in [3.05, 3.63) is 70.7 Å². The number of hydrogen-bond acceptors (Lipinski definition) is 7. The highest BCUT2D eigenvalue weighted by atomic mass is 19.1. The fraction of sp³-hybridized carbons (Fsp3) is 0.105. The molecule has 4 aromatic heterocycles. The first-order valence-electron chi connectivity index (χ1n) is 8.91. The summed E-state index contributed by atoms with van der Waals surface area (Å²) in [5.74, 6) is -0.227. The summed E-state index contributed by atoms with van der Waals surface area (Å²) in [5, 5.41) is 12.6. The minimum Gasteiger partial charge on any atom is -0.373 e. The number of halogens is 1. The smallest absolute Gasteiger partial charge is 0.280 e. The summed E-state index contributed by atoms with van der Waals surface area (Å²) in [4.78, 5) is 33.3. The lowest BCUT2D eigenvalue weighted by Crippen LogP contribution is -2.22. The van der Waals surface area contributed by atoms with Crippen molar-refractivity contribution in [2.24, 2.45) is 0 Å². The Labute approximate surface area is 169 Å². The van der Waals surface area contributed by atoms with Gasteiger partial charge >= 0.3 is 0 Å². The van der Waals surface area contributed by atoms with E-state index >= 15 is 0 Å². The molecule has 11 heteroatoms. The predicted octanol–water partition coefficient (Wildman–Crippen LogP) is 1.56. The topological polar surface area (TPSA) is 118 Å². The van der Waals surface area contributed by atoms with Crippen molar-refractivity contribution in [3.8, 4) is 5.82 Å². The monoisotopic (exact) mass is 408 g/mol. The maximum atomic E-state index is 14.1. The number of carbonyl (C=O) groups excluding carboxylic acids is 1. The van der Waals surface area contributed by atoms with Crippen molar-refractivity contribution in [3.63, 3.8) is 0 Å². The van der Waals surface area contributed by atoms with Crippen LogP contribution in [0.15, 0.2) is 53.7 Å². The van der Waals surface area contributed by atoms with E-state index in [0.29, 0.717) is 17.3 Å². The summed E-state index contributed by atoms with van der Waals surface area (Å²) in [7, 11) is 3.20. The zero-order chi connectivity index (χ0) is 21.3. The summed E-state index contributed by atoms with van der Waals surface area (Å²) in [6, 6.07) is 7.43. The lowest BCUT2D eigenvalue weighted by atomic mass is 10.3. The molecular weight excluding hydrogens is 391 g/mol. The molecule has 0 aliphatic heterocycles. The molecule has 152 valence electrons. The number of carbonyl (C=O) groups is 1. The number of pyridine rings is 2. The van der Waals surface area contributed by atoms with Crippen LogP contribution in [-0.2, 0) is 0 Å². The van der Waals surface area contributed by atoms with Crippen molar-refractivity contribution in [2.75, 3.05) is 24.7 Å². The van der Waals surface area contributed by atoms with Crippen LogP contribution in [0.1, 0.15) is 10.4 Å². The molecule has 0 radical (unpaired) electrons. The summed E-state index contributed by atoms with van der Waals surface area (Å²) in [6.45, 7) is 0. The Hall–Kier alpha value is -4.28. The van der Waals surface area contributed by atoms with E-state index in [1.165, 1.54) is 42.3 Å². The lowest BCUT2D eigenvalue weighted by Gasteiger charge is -2.11. The molecule has 0 saturated heterocycles. The molecule has 0 fully saturated rings. The second-order valence-corrected chi connectivity index (χ2v) is 6.18. The van der Waals surface area contributed by atoms with Crippen LogP contribution >= 0.6 is 0 Å². The molecule has 1 amide bonds. The third-order valence-corrected chi connectivity index (χ3v) is 4.38. The van der Waals surface area contributed by atoms with Crippen LogP contribution < -0.4 is 21.5 Å². The Balaban J connectivity index is 1.80. The molecule has 0 atom stereocenters. The maximum Gasteiger partial charge on any atom is 0.280 e. The van der Waals surface area contributed by atoms with E-state index < -0.39 is 11.4 Å². The van der Waals surface area contributed by atoms with Crippen LogP contribution in [0.25, 0.3) is 11.5 Å². The average molecular weight is 408 g/mol. The molecule has 0 bridgehead atoms. The quantitative estimate of drug-likeness (QED) is 0.459. The van der Waals surface area contributed by atoms with E-state index in [9.17, 15) is 14.0 Å². The van der Waals surface area contributed by atoms with E-state index in [-0.39, 0.29) is 23.0 Å². The van der Waals surface area contributed by atoms with Gasteiger partial charge in [-0.2, -0.15) is 9.61 Å². The highest BCUT2D eigenvalue weighted by Crippen LogP contribution is 2.21. The fourth-order valence-corrected chi connectivity index (χ4v) is 2.95. The fourth-order valence-electron chi connectivity index (χ4n) is 2.95. The molecule has 0 aliphatic rings. The van der Waals surface area contributed by atoms with Gasteiger partial charge in [0, 0.05) is 32.6 Å². The Morgan fingerprint density at radius 1 is 1.20 bits per heavy atom. The standard InChI is InChI=1S/C19H17FN8O2/c1-21-15-9-14(26-16-11(18(29)22-2)10-24-28(15)16)25-13-6-4-8-27(19(13)30)17-12(20)5-3-7-23-17/h3-10,21H,1-2H3,(H,22,29)(H,25,26). The van der Waals surface area contributed by atoms with Crippen LogP contribution in [0.3, 0.4) is 0 Å². The number of nitrogens with one attached hydrogen (secondary N) is 3. The van der Waals surface area contributed by atoms with Crippen molar-refractivity contribution >= 4 is 28.9 Å². The zero-order valence-corrected chi connectivity index (χ0v) is 16.0. The Morgan fingerprint density at radius 2 is 2.03 bits per heavy atom. The van der Waals surface area contributed by atoms with E-state index in [0.717, 1.165) is 4.57 Å². The van der Waals surface area contributed by atoms with Crippen LogP contribution in [0.4, 0.5) is 21.7 Å². The average Bonchev–Trinajstić information content (AvgIpc) is 3.19. The van der Waals surface area contributed by atoms with E-state index in [1.807, 2.05) is 0 Å². The van der Waals surface area contributed by atoms with Gasteiger partial charge in [0.1, 0.15) is 22.9 Å². The summed E-state index contributed by atoms with van der Waals surface area (Å²) < 4.78 is 16.7. The number of hydrogen-bond donors (Lipinski definition) is 3. The molecule has 0 unspecified atom stereocenters. The van der Waals surface area contributed by atoms with Crippen LogP contribution in [0.5, 0.6) is 0 Å². The first kappa shape index (κ1) is 19.1. The normalized spacial score (nSPS) is 10.8. The third kappa shape index (κ3) is 3.21. The number of rotatable bonds is 5. The molecular formula is C19H17FN8O2. The molecule has 0 aromatic carbocycles. The van der Waals surface area contributed by atoms with Gasteiger partial charge in [-0.05, 0) is 24.3 Å². The SMILES string of the molecule is CNC(=O)c1cnn2c(NC)cc(Nc3cccn(-c4ncccc4F)c3=O)nc12. The van der Waals surface area contributed by atoms with Crippen LogP contribution in [0.2, 0.25) is 0 Å². The molecule has 0 spiro atoms. The van der Waals surface area contributed by atoms with Gasteiger partial charge in [0.05, 0.1) is 6.20 Å². The number of fused-ring (bicyclic) bond motifs is 1. The first-order chi connectivity index (χ1) is 14.5. The largest absolute Gasteiger partial charge is 0.373 e. The lowest BCUT2D eigenvalue weighted by molar-refractivity contribution is 0.0964. The molecule has 0 aliphatic carbocycles. The minimum absolute atomic E-state index is 0.108. The summed E-state index contributed by atoms with van der Waals surface area (Å²) >= 11 is 0. The highest BCUT2D eigenvalue weighted by Gasteiger charge is 2.17. The molecule has 10 nitrogen and oxygen atoms in total. The number of anilines is 3. The molecule has 4 aromatic rings. The zero-order valence-electron chi connectivity index (χ0n) is 16.0. The third-order valence-electron chi connectivity index (χ3n) is 4.38. The van der Waals surface area contributed by atoms with Crippen LogP contribution in [0, 0.1) is 5.82 Å². The van der Waals surface area contributed by atoms with Crippen LogP contribution in [-0.4, -0.2) is 44.2 Å². The van der Waals surface area contributed by atoms with Gasteiger partial charge in [0.2, 0.25) is 0 Å². The van der Waals surface area contributed by atoms with E-state index in [2.05, 4.69) is 31.0 Å². The van der Waals surface area contributed by atoms with Gasteiger partial charge in [0.25, 0.3) is 11.5 Å².